The highest BCUT2D eigenvalue weighted by atomic mass is 16.5. The van der Waals surface area contributed by atoms with Crippen LogP contribution in [0.5, 0.6) is 11.5 Å². The van der Waals surface area contributed by atoms with E-state index in [1.165, 1.54) is 12.5 Å². The van der Waals surface area contributed by atoms with Gasteiger partial charge in [0, 0.05) is 12.5 Å². The molecule has 0 aromatic heterocycles. The smallest absolute Gasteiger partial charge is 0.160 e. The van der Waals surface area contributed by atoms with Gasteiger partial charge in [-0.2, -0.15) is 5.26 Å². The van der Waals surface area contributed by atoms with Gasteiger partial charge in [-0.05, 0) is 63.1 Å². The Morgan fingerprint density at radius 2 is 1.45 bits per heavy atom. The van der Waals surface area contributed by atoms with Gasteiger partial charge in [-0.1, -0.05) is 17.7 Å². The molecule has 0 N–H and O–H groups in total. The summed E-state index contributed by atoms with van der Waals surface area (Å²) in [6, 6.07) is 13.5. The quantitative estimate of drug-likeness (QED) is 0.737. The van der Waals surface area contributed by atoms with Gasteiger partial charge < -0.3 is 4.74 Å². The van der Waals surface area contributed by atoms with E-state index in [0.29, 0.717) is 0 Å². The Balaban J connectivity index is 0.000000745. The number of nitriles is 1. The lowest BCUT2D eigenvalue weighted by Crippen LogP contribution is -2.00. The first-order valence-corrected chi connectivity index (χ1v) is 7.06. The van der Waals surface area contributed by atoms with E-state index in [0.717, 1.165) is 28.2 Å². The zero-order valence-corrected chi connectivity index (χ0v) is 13.7. The van der Waals surface area contributed by atoms with Crippen LogP contribution in [0.15, 0.2) is 36.4 Å². The molecule has 2 aromatic carbocycles. The molecule has 0 bridgehead atoms. The van der Waals surface area contributed by atoms with Gasteiger partial charge in [0.15, 0.2) is 5.78 Å². The fourth-order valence-electron chi connectivity index (χ4n) is 2.28. The Hall–Kier alpha value is -2.60. The molecule has 22 heavy (non-hydrogen) atoms. The SMILES string of the molecule is CC#N.CC(=O)c1c(C)cc(Oc2ccc(C)cc2)cc1C. The van der Waals surface area contributed by atoms with Crippen LogP contribution >= 0.6 is 0 Å². The minimum Gasteiger partial charge on any atom is -0.457 e. The van der Waals surface area contributed by atoms with Crippen molar-refractivity contribution in [3.63, 3.8) is 0 Å². The Labute approximate surface area is 132 Å². The lowest BCUT2D eigenvalue weighted by Gasteiger charge is -2.11. The predicted octanol–water partition coefficient (Wildman–Crippen LogP) is 5.14. The minimum absolute atomic E-state index is 0.0943. The average molecular weight is 295 g/mol. The molecule has 0 atom stereocenters. The maximum atomic E-state index is 11.6. The van der Waals surface area contributed by atoms with E-state index >= 15 is 0 Å². The third-order valence-corrected chi connectivity index (χ3v) is 3.11. The molecule has 0 radical (unpaired) electrons. The molecular weight excluding hydrogens is 274 g/mol. The molecule has 0 heterocycles. The standard InChI is InChI=1S/C17H18O2.C2H3N/c1-11-5-7-15(8-6-11)19-16-9-12(2)17(14(4)18)13(3)10-16;1-2-3/h5-10H,1-4H3;1H3. The monoisotopic (exact) mass is 295 g/mol. The third-order valence-electron chi connectivity index (χ3n) is 3.11. The number of ether oxygens (including phenoxy) is 1. The summed E-state index contributed by atoms with van der Waals surface area (Å²) in [6.45, 7) is 8.94. The van der Waals surface area contributed by atoms with Gasteiger partial charge in [-0.25, -0.2) is 0 Å². The number of carbonyl (C=O) groups is 1. The number of aryl methyl sites for hydroxylation is 3. The highest BCUT2D eigenvalue weighted by molar-refractivity contribution is 5.97. The number of hydrogen-bond acceptors (Lipinski definition) is 3. The van der Waals surface area contributed by atoms with E-state index in [4.69, 9.17) is 10.00 Å². The molecule has 114 valence electrons. The van der Waals surface area contributed by atoms with Gasteiger partial charge in [0.1, 0.15) is 11.5 Å². The normalized spacial score (nSPS) is 9.27. The summed E-state index contributed by atoms with van der Waals surface area (Å²) >= 11 is 0. The zero-order chi connectivity index (χ0) is 16.7. The summed E-state index contributed by atoms with van der Waals surface area (Å²) in [5.74, 6) is 1.67. The van der Waals surface area contributed by atoms with Gasteiger partial charge in [-0.3, -0.25) is 4.79 Å². The summed E-state index contributed by atoms with van der Waals surface area (Å²) in [6.07, 6.45) is 0. The van der Waals surface area contributed by atoms with Crippen LogP contribution in [0.25, 0.3) is 0 Å². The second kappa shape index (κ2) is 7.99. The maximum absolute atomic E-state index is 11.6. The molecule has 0 aliphatic carbocycles. The van der Waals surface area contributed by atoms with Crippen molar-refractivity contribution < 1.29 is 9.53 Å². The number of nitrogens with zero attached hydrogens (tertiary/aromatic N) is 1. The maximum Gasteiger partial charge on any atom is 0.160 e. The Bertz CT molecular complexity index is 671. The molecular formula is C19H21NO2. The Morgan fingerprint density at radius 3 is 1.86 bits per heavy atom. The predicted molar refractivity (Wildman–Crippen MR) is 88.5 cm³/mol. The first-order valence-electron chi connectivity index (χ1n) is 7.06. The summed E-state index contributed by atoms with van der Waals surface area (Å²) in [5, 5.41) is 7.32. The summed E-state index contributed by atoms with van der Waals surface area (Å²) in [4.78, 5) is 11.6. The van der Waals surface area contributed by atoms with E-state index in [-0.39, 0.29) is 5.78 Å². The lowest BCUT2D eigenvalue weighted by molar-refractivity contribution is 0.101. The first kappa shape index (κ1) is 17.5. The largest absolute Gasteiger partial charge is 0.457 e. The van der Waals surface area contributed by atoms with E-state index in [9.17, 15) is 4.79 Å². The fourth-order valence-corrected chi connectivity index (χ4v) is 2.28. The molecule has 0 saturated carbocycles. The van der Waals surface area contributed by atoms with Crippen LogP contribution in [-0.2, 0) is 0 Å². The van der Waals surface area contributed by atoms with E-state index < -0.39 is 0 Å². The van der Waals surface area contributed by atoms with Crippen molar-refractivity contribution in [3.8, 4) is 17.6 Å². The summed E-state index contributed by atoms with van der Waals surface area (Å²) in [5.41, 5.74) is 3.90. The van der Waals surface area contributed by atoms with E-state index in [1.54, 1.807) is 13.0 Å². The minimum atomic E-state index is 0.0943. The van der Waals surface area contributed by atoms with Gasteiger partial charge in [0.05, 0.1) is 6.07 Å². The molecule has 2 aromatic rings. The topological polar surface area (TPSA) is 50.1 Å². The average Bonchev–Trinajstić information content (AvgIpc) is 2.41. The molecule has 0 aliphatic heterocycles. The van der Waals surface area contributed by atoms with Crippen LogP contribution in [0.2, 0.25) is 0 Å². The fraction of sp³-hybridized carbons (Fsp3) is 0.263. The first-order chi connectivity index (χ1) is 10.4. The van der Waals surface area contributed by atoms with Gasteiger partial charge in [0.2, 0.25) is 0 Å². The van der Waals surface area contributed by atoms with Crippen molar-refractivity contribution in [2.45, 2.75) is 34.6 Å². The van der Waals surface area contributed by atoms with E-state index in [1.807, 2.05) is 57.2 Å². The molecule has 0 amide bonds. The third kappa shape index (κ3) is 4.75. The zero-order valence-electron chi connectivity index (χ0n) is 13.7. The van der Waals surface area contributed by atoms with Gasteiger partial charge >= 0.3 is 0 Å². The van der Waals surface area contributed by atoms with E-state index in [2.05, 4.69) is 0 Å². The van der Waals surface area contributed by atoms with Crippen LogP contribution in [0.4, 0.5) is 0 Å². The summed E-state index contributed by atoms with van der Waals surface area (Å²) < 4.78 is 5.82. The molecule has 0 aliphatic rings. The lowest BCUT2D eigenvalue weighted by atomic mass is 9.99. The number of hydrogen-bond donors (Lipinski definition) is 0. The van der Waals surface area contributed by atoms with Crippen molar-refractivity contribution in [1.82, 2.24) is 0 Å². The second-order valence-electron chi connectivity index (χ2n) is 5.13. The molecule has 0 unspecified atom stereocenters. The van der Waals surface area contributed by atoms with Crippen molar-refractivity contribution in [1.29, 1.82) is 5.26 Å². The molecule has 0 spiro atoms. The van der Waals surface area contributed by atoms with Crippen LogP contribution in [0.3, 0.4) is 0 Å². The summed E-state index contributed by atoms with van der Waals surface area (Å²) in [7, 11) is 0. The van der Waals surface area contributed by atoms with Crippen LogP contribution in [-0.4, -0.2) is 5.78 Å². The molecule has 0 saturated heterocycles. The number of rotatable bonds is 3. The molecule has 0 fully saturated rings. The number of Topliss-reactive ketones (excluding diaryl/α,β-unsaturated/α-hetero) is 1. The van der Waals surface area contributed by atoms with Crippen LogP contribution in [0, 0.1) is 32.1 Å². The second-order valence-corrected chi connectivity index (χ2v) is 5.13. The molecule has 2 rings (SSSR count). The molecule has 3 nitrogen and oxygen atoms in total. The number of ketones is 1. The van der Waals surface area contributed by atoms with Crippen molar-refractivity contribution >= 4 is 5.78 Å². The number of carbonyl (C=O) groups excluding carboxylic acids is 1. The Morgan fingerprint density at radius 1 is 1.00 bits per heavy atom. The van der Waals surface area contributed by atoms with Crippen molar-refractivity contribution in [3.05, 3.63) is 58.7 Å². The van der Waals surface area contributed by atoms with Crippen molar-refractivity contribution in [2.24, 2.45) is 0 Å². The van der Waals surface area contributed by atoms with Gasteiger partial charge in [0.25, 0.3) is 0 Å². The highest BCUT2D eigenvalue weighted by Gasteiger charge is 2.10. The molecule has 3 heteroatoms. The number of benzene rings is 2. The van der Waals surface area contributed by atoms with Gasteiger partial charge in [-0.15, -0.1) is 0 Å². The van der Waals surface area contributed by atoms with Crippen molar-refractivity contribution in [2.75, 3.05) is 0 Å². The highest BCUT2D eigenvalue weighted by Crippen LogP contribution is 2.27. The Kier molecular flexibility index (Phi) is 6.34. The van der Waals surface area contributed by atoms with Crippen LogP contribution < -0.4 is 4.74 Å². The van der Waals surface area contributed by atoms with Crippen LogP contribution in [0.1, 0.15) is 40.9 Å².